The average Bonchev–Trinajstić information content (AvgIpc) is 3.23. The molecule has 2 aliphatic rings. The van der Waals surface area contributed by atoms with E-state index in [-0.39, 0.29) is 23.6 Å². The van der Waals surface area contributed by atoms with Crippen molar-refractivity contribution in [2.45, 2.75) is 104 Å². The minimum absolute atomic E-state index is 0.0719. The number of aliphatic hydroxyl groups excluding tert-OH is 1. The molecule has 0 aromatic heterocycles. The van der Waals surface area contributed by atoms with E-state index in [9.17, 15) is 36.2 Å². The standard InChI is InChI=1S/C35H44F6N2O5/c1-9-42(31(45)48-32(3,4)5)25-10-11-28(46-8)27(17-25)26-12-13-33(6,7)18-22(26)19-43-20(2)29(47-30(43)44)21-14-23(34(36,37)38)16-24(15-21)35(39,40)41/h10-11,14-17,20,29-30,44H,9,12-13,18-19H2,1-8H3/t20-,29-,30?/m0/s1. The van der Waals surface area contributed by atoms with Crippen LogP contribution in [-0.4, -0.2) is 54.4 Å². The van der Waals surface area contributed by atoms with Gasteiger partial charge in [0.15, 0.2) is 0 Å². The number of benzene rings is 2. The number of allylic oxidation sites excluding steroid dienone is 1. The van der Waals surface area contributed by atoms with E-state index in [1.54, 1.807) is 39.8 Å². The summed E-state index contributed by atoms with van der Waals surface area (Å²) in [5.74, 6) is 0.555. The van der Waals surface area contributed by atoms with Gasteiger partial charge in [0.2, 0.25) is 6.41 Å². The van der Waals surface area contributed by atoms with Crippen molar-refractivity contribution in [3.63, 3.8) is 0 Å². The number of rotatable bonds is 7. The van der Waals surface area contributed by atoms with Gasteiger partial charge in [-0.05, 0) is 107 Å². The van der Waals surface area contributed by atoms with Gasteiger partial charge >= 0.3 is 18.4 Å². The topological polar surface area (TPSA) is 71.5 Å². The number of anilines is 1. The van der Waals surface area contributed by atoms with Gasteiger partial charge in [-0.15, -0.1) is 0 Å². The lowest BCUT2D eigenvalue weighted by Crippen LogP contribution is -2.38. The van der Waals surface area contributed by atoms with E-state index in [1.807, 2.05) is 13.0 Å². The molecule has 7 nitrogen and oxygen atoms in total. The molecule has 0 spiro atoms. The van der Waals surface area contributed by atoms with E-state index in [1.165, 1.54) is 16.9 Å². The number of carbonyl (C=O) groups excluding carboxylic acids is 1. The average molecular weight is 687 g/mol. The van der Waals surface area contributed by atoms with Crippen molar-refractivity contribution in [3.05, 3.63) is 64.2 Å². The Balaban J connectivity index is 1.75. The number of carbonyl (C=O) groups is 1. The van der Waals surface area contributed by atoms with E-state index in [4.69, 9.17) is 14.2 Å². The lowest BCUT2D eigenvalue weighted by Gasteiger charge is -2.36. The molecule has 4 rings (SSSR count). The lowest BCUT2D eigenvalue weighted by atomic mass is 9.72. The zero-order chi connectivity index (χ0) is 36.0. The van der Waals surface area contributed by atoms with Crippen LogP contribution in [0, 0.1) is 5.41 Å². The van der Waals surface area contributed by atoms with Crippen LogP contribution >= 0.6 is 0 Å². The van der Waals surface area contributed by atoms with Crippen LogP contribution in [0.1, 0.15) is 96.1 Å². The van der Waals surface area contributed by atoms with Gasteiger partial charge in [-0.1, -0.05) is 19.4 Å². The second kappa shape index (κ2) is 13.5. The number of halogens is 6. The molecular formula is C35H44F6N2O5. The molecule has 1 unspecified atom stereocenters. The Bertz CT molecular complexity index is 1500. The summed E-state index contributed by atoms with van der Waals surface area (Å²) in [4.78, 5) is 16.1. The molecule has 0 bridgehead atoms. The minimum Gasteiger partial charge on any atom is -0.496 e. The maximum atomic E-state index is 13.6. The fourth-order valence-corrected chi connectivity index (χ4v) is 6.36. The molecule has 1 saturated heterocycles. The number of ether oxygens (including phenoxy) is 3. The SMILES string of the molecule is CCN(C(=O)OC(C)(C)C)c1ccc(OC)c(C2=C(CN3C(O)O[C@H](c4cc(C(F)(F)F)cc(C(F)(F)F)c4)[C@@H]3C)CC(C)(C)CC2)c1. The monoisotopic (exact) mass is 686 g/mol. The van der Waals surface area contributed by atoms with E-state index < -0.39 is 53.7 Å². The van der Waals surface area contributed by atoms with E-state index in [0.29, 0.717) is 43.0 Å². The van der Waals surface area contributed by atoms with Gasteiger partial charge in [0.1, 0.15) is 17.5 Å². The fourth-order valence-electron chi connectivity index (χ4n) is 6.36. The van der Waals surface area contributed by atoms with Crippen molar-refractivity contribution in [1.29, 1.82) is 0 Å². The molecular weight excluding hydrogens is 642 g/mol. The van der Waals surface area contributed by atoms with E-state index in [0.717, 1.165) is 23.1 Å². The second-order valence-corrected chi connectivity index (χ2v) is 14.2. The zero-order valence-electron chi connectivity index (χ0n) is 28.5. The normalized spacial score (nSPS) is 22.2. The third-order valence-corrected chi connectivity index (χ3v) is 8.75. The molecule has 13 heteroatoms. The first-order valence-corrected chi connectivity index (χ1v) is 15.8. The Morgan fingerprint density at radius 1 is 1.04 bits per heavy atom. The summed E-state index contributed by atoms with van der Waals surface area (Å²) >= 11 is 0. The predicted octanol–water partition coefficient (Wildman–Crippen LogP) is 9.20. The Morgan fingerprint density at radius 2 is 1.65 bits per heavy atom. The van der Waals surface area contributed by atoms with Crippen molar-refractivity contribution in [1.82, 2.24) is 4.90 Å². The van der Waals surface area contributed by atoms with Crippen LogP contribution < -0.4 is 9.64 Å². The molecule has 1 amide bonds. The molecule has 0 radical (unpaired) electrons. The Hall–Kier alpha value is -3.29. The third kappa shape index (κ3) is 8.46. The van der Waals surface area contributed by atoms with Crippen molar-refractivity contribution < 1.29 is 50.5 Å². The van der Waals surface area contributed by atoms with E-state index >= 15 is 0 Å². The third-order valence-electron chi connectivity index (χ3n) is 8.75. The van der Waals surface area contributed by atoms with Gasteiger partial charge in [-0.3, -0.25) is 4.90 Å². The number of aliphatic hydroxyl groups is 1. The molecule has 2 aromatic carbocycles. The van der Waals surface area contributed by atoms with Crippen molar-refractivity contribution in [2.24, 2.45) is 5.41 Å². The molecule has 2 aromatic rings. The van der Waals surface area contributed by atoms with Gasteiger partial charge in [0.05, 0.1) is 18.2 Å². The van der Waals surface area contributed by atoms with Crippen LogP contribution in [0.25, 0.3) is 5.57 Å². The number of alkyl halides is 6. The lowest BCUT2D eigenvalue weighted by molar-refractivity contribution is -0.150. The van der Waals surface area contributed by atoms with Crippen LogP contribution in [0.4, 0.5) is 36.8 Å². The number of amides is 1. The predicted molar refractivity (Wildman–Crippen MR) is 169 cm³/mol. The first-order valence-electron chi connectivity index (χ1n) is 15.8. The Labute approximate surface area is 277 Å². The number of methoxy groups -OCH3 is 1. The molecule has 266 valence electrons. The molecule has 1 N–H and O–H groups in total. The highest BCUT2D eigenvalue weighted by Gasteiger charge is 2.44. The van der Waals surface area contributed by atoms with Crippen LogP contribution in [0.5, 0.6) is 5.75 Å². The minimum atomic E-state index is -5.02. The smallest absolute Gasteiger partial charge is 0.416 e. The zero-order valence-corrected chi connectivity index (χ0v) is 28.5. The Morgan fingerprint density at radius 3 is 2.17 bits per heavy atom. The summed E-state index contributed by atoms with van der Waals surface area (Å²) in [6.45, 7) is 13.4. The number of nitrogens with zero attached hydrogens (tertiary/aromatic N) is 2. The van der Waals surface area contributed by atoms with Crippen LogP contribution in [0.15, 0.2) is 42.0 Å². The van der Waals surface area contributed by atoms with Crippen LogP contribution in [-0.2, 0) is 21.8 Å². The summed E-state index contributed by atoms with van der Waals surface area (Å²) in [6, 6.07) is 5.94. The van der Waals surface area contributed by atoms with Crippen LogP contribution in [0.2, 0.25) is 0 Å². The summed E-state index contributed by atoms with van der Waals surface area (Å²) in [5, 5.41) is 11.0. The molecule has 0 saturated carbocycles. The maximum Gasteiger partial charge on any atom is 0.416 e. The quantitative estimate of drug-likeness (QED) is 0.293. The van der Waals surface area contributed by atoms with Gasteiger partial charge in [0.25, 0.3) is 0 Å². The summed E-state index contributed by atoms with van der Waals surface area (Å²) in [7, 11) is 1.53. The first-order chi connectivity index (χ1) is 22.0. The van der Waals surface area contributed by atoms with Gasteiger partial charge in [0, 0.05) is 30.4 Å². The molecule has 1 fully saturated rings. The second-order valence-electron chi connectivity index (χ2n) is 14.2. The summed E-state index contributed by atoms with van der Waals surface area (Å²) in [6.07, 6.45) is -11.4. The van der Waals surface area contributed by atoms with Crippen LogP contribution in [0.3, 0.4) is 0 Å². The molecule has 3 atom stereocenters. The summed E-state index contributed by atoms with van der Waals surface area (Å²) < 4.78 is 98.8. The highest BCUT2D eigenvalue weighted by atomic mass is 19.4. The Kier molecular flexibility index (Phi) is 10.6. The van der Waals surface area contributed by atoms with Crippen molar-refractivity contribution in [3.8, 4) is 5.75 Å². The highest BCUT2D eigenvalue weighted by Crippen LogP contribution is 2.47. The largest absolute Gasteiger partial charge is 0.496 e. The number of hydrogen-bond acceptors (Lipinski definition) is 6. The van der Waals surface area contributed by atoms with Gasteiger partial charge in [-0.2, -0.15) is 26.3 Å². The number of hydrogen-bond donors (Lipinski definition) is 1. The van der Waals surface area contributed by atoms with Gasteiger partial charge in [-0.25, -0.2) is 9.69 Å². The first kappa shape index (κ1) is 37.5. The van der Waals surface area contributed by atoms with Crippen molar-refractivity contribution >= 4 is 17.4 Å². The molecule has 1 aliphatic carbocycles. The molecule has 1 aliphatic heterocycles. The summed E-state index contributed by atoms with van der Waals surface area (Å²) in [5.41, 5.74) is -0.959. The highest BCUT2D eigenvalue weighted by molar-refractivity contribution is 5.89. The maximum absolute atomic E-state index is 13.6. The van der Waals surface area contributed by atoms with Crippen molar-refractivity contribution in [2.75, 3.05) is 25.1 Å². The van der Waals surface area contributed by atoms with Gasteiger partial charge < -0.3 is 19.3 Å². The van der Waals surface area contributed by atoms with E-state index in [2.05, 4.69) is 13.8 Å². The molecule has 48 heavy (non-hydrogen) atoms. The molecule has 1 heterocycles. The fraction of sp³-hybridized carbons (Fsp3) is 0.571.